The van der Waals surface area contributed by atoms with Crippen molar-refractivity contribution in [2.45, 2.75) is 174 Å². The molecule has 5 nitrogen and oxygen atoms in total. The van der Waals surface area contributed by atoms with Crippen LogP contribution in [-0.2, 0) is 19.1 Å². The summed E-state index contributed by atoms with van der Waals surface area (Å²) in [5.41, 5.74) is 0. The van der Waals surface area contributed by atoms with Gasteiger partial charge >= 0.3 is 11.9 Å². The molecule has 0 aliphatic rings. The molecule has 0 heterocycles. The highest BCUT2D eigenvalue weighted by Crippen LogP contribution is 2.10. The van der Waals surface area contributed by atoms with Gasteiger partial charge in [0.2, 0.25) is 0 Å². The number of aliphatic hydroxyl groups excluding tert-OH is 1. The summed E-state index contributed by atoms with van der Waals surface area (Å²) in [5, 5.41) is 9.54. The van der Waals surface area contributed by atoms with Crippen molar-refractivity contribution in [3.63, 3.8) is 0 Å². The molecular formula is C43H72O5. The lowest BCUT2D eigenvalue weighted by atomic mass is 10.1. The van der Waals surface area contributed by atoms with Crippen LogP contribution in [0.4, 0.5) is 0 Å². The predicted molar refractivity (Wildman–Crippen MR) is 205 cm³/mol. The second-order valence-corrected chi connectivity index (χ2v) is 12.6. The van der Waals surface area contributed by atoms with Crippen LogP contribution in [-0.4, -0.2) is 36.4 Å². The molecular weight excluding hydrogens is 596 g/mol. The van der Waals surface area contributed by atoms with Gasteiger partial charge in [-0.1, -0.05) is 145 Å². The second-order valence-electron chi connectivity index (χ2n) is 12.6. The summed E-state index contributed by atoms with van der Waals surface area (Å²) in [6, 6.07) is 0. The lowest BCUT2D eigenvalue weighted by Gasteiger charge is -2.15. The van der Waals surface area contributed by atoms with Crippen LogP contribution in [0, 0.1) is 0 Å². The first-order chi connectivity index (χ1) is 23.6. The van der Waals surface area contributed by atoms with Gasteiger partial charge < -0.3 is 14.6 Å². The third-order valence-electron chi connectivity index (χ3n) is 7.97. The highest BCUT2D eigenvalue weighted by atomic mass is 16.6. The summed E-state index contributed by atoms with van der Waals surface area (Å²) in [5.74, 6) is -0.683. The molecule has 0 aliphatic carbocycles. The number of unbranched alkanes of at least 4 members (excludes halogenated alkanes) is 14. The number of aliphatic hydroxyl groups is 1. The van der Waals surface area contributed by atoms with E-state index in [4.69, 9.17) is 9.47 Å². The Morgan fingerprint density at radius 2 is 0.854 bits per heavy atom. The lowest BCUT2D eigenvalue weighted by molar-refractivity contribution is -0.161. The van der Waals surface area contributed by atoms with E-state index in [-0.39, 0.29) is 31.6 Å². The third kappa shape index (κ3) is 36.2. The van der Waals surface area contributed by atoms with E-state index < -0.39 is 6.10 Å². The van der Waals surface area contributed by atoms with Crippen molar-refractivity contribution in [2.24, 2.45) is 0 Å². The molecule has 0 saturated carbocycles. The standard InChI is InChI=1S/C43H72O5/c1-3-5-7-9-11-13-15-17-19-21-23-25-27-29-31-33-35-37-42(45)47-40-41(39-44)48-43(46)38-36-34-32-30-28-26-24-22-20-18-16-14-12-10-8-6-4-2/h11,13,17-20,23-26,30,32,41,44H,3-10,12,14-16,21-22,27-29,31,33-40H2,1-2H3/b13-11-,19-17-,20-18-,25-23-,26-24-,32-30-/t41-/m0/s1. The smallest absolute Gasteiger partial charge is 0.306 e. The maximum atomic E-state index is 12.1. The SMILES string of the molecule is CCCCC/C=C\C/C=C\C/C=C\CCCCCCC(=O)OC[C@H](CO)OC(=O)CCC/C=C\C/C=C\C/C=C\CCCCCCCC. The molecule has 0 bridgehead atoms. The number of ether oxygens (including phenoxy) is 2. The lowest BCUT2D eigenvalue weighted by Crippen LogP contribution is -2.28. The van der Waals surface area contributed by atoms with Crippen LogP contribution < -0.4 is 0 Å². The van der Waals surface area contributed by atoms with Gasteiger partial charge in [-0.05, 0) is 83.5 Å². The fraction of sp³-hybridized carbons (Fsp3) is 0.674. The fourth-order valence-electron chi connectivity index (χ4n) is 4.99. The van der Waals surface area contributed by atoms with E-state index in [9.17, 15) is 14.7 Å². The average Bonchev–Trinajstić information content (AvgIpc) is 3.09. The monoisotopic (exact) mass is 669 g/mol. The van der Waals surface area contributed by atoms with E-state index in [1.54, 1.807) is 0 Å². The highest BCUT2D eigenvalue weighted by molar-refractivity contribution is 5.70. The summed E-state index contributed by atoms with van der Waals surface area (Å²) >= 11 is 0. The minimum absolute atomic E-state index is 0.101. The summed E-state index contributed by atoms with van der Waals surface area (Å²) in [7, 11) is 0. The van der Waals surface area contributed by atoms with Gasteiger partial charge in [-0.2, -0.15) is 0 Å². The summed E-state index contributed by atoms with van der Waals surface area (Å²) in [4.78, 5) is 24.2. The van der Waals surface area contributed by atoms with E-state index in [0.717, 1.165) is 64.2 Å². The van der Waals surface area contributed by atoms with Crippen LogP contribution in [0.2, 0.25) is 0 Å². The zero-order valence-corrected chi connectivity index (χ0v) is 31.0. The molecule has 0 aromatic rings. The normalized spacial score (nSPS) is 13.0. The Hall–Kier alpha value is -2.66. The maximum Gasteiger partial charge on any atom is 0.306 e. The summed E-state index contributed by atoms with van der Waals surface area (Å²) < 4.78 is 10.5. The quantitative estimate of drug-likeness (QED) is 0.0420. The number of hydrogen-bond donors (Lipinski definition) is 1. The van der Waals surface area contributed by atoms with Gasteiger partial charge in [0.25, 0.3) is 0 Å². The van der Waals surface area contributed by atoms with Crippen LogP contribution in [0.3, 0.4) is 0 Å². The van der Waals surface area contributed by atoms with Crippen molar-refractivity contribution in [3.8, 4) is 0 Å². The van der Waals surface area contributed by atoms with Crippen LogP contribution in [0.1, 0.15) is 168 Å². The van der Waals surface area contributed by atoms with Gasteiger partial charge in [0.1, 0.15) is 6.61 Å². The predicted octanol–water partition coefficient (Wildman–Crippen LogP) is 12.2. The summed E-state index contributed by atoms with van der Waals surface area (Å²) in [6.07, 6.45) is 51.0. The molecule has 5 heteroatoms. The van der Waals surface area contributed by atoms with Crippen molar-refractivity contribution in [1.82, 2.24) is 0 Å². The fourth-order valence-corrected chi connectivity index (χ4v) is 4.99. The van der Waals surface area contributed by atoms with Crippen molar-refractivity contribution in [1.29, 1.82) is 0 Å². The Bertz CT molecular complexity index is 895. The van der Waals surface area contributed by atoms with Crippen molar-refractivity contribution >= 4 is 11.9 Å². The van der Waals surface area contributed by atoms with Gasteiger partial charge in [0, 0.05) is 12.8 Å². The molecule has 0 aromatic heterocycles. The number of esters is 2. The summed E-state index contributed by atoms with van der Waals surface area (Å²) in [6.45, 7) is 4.02. The Labute approximate surface area is 295 Å². The van der Waals surface area contributed by atoms with Crippen LogP contribution in [0.5, 0.6) is 0 Å². The molecule has 274 valence electrons. The molecule has 48 heavy (non-hydrogen) atoms. The van der Waals surface area contributed by atoms with Crippen molar-refractivity contribution in [3.05, 3.63) is 72.9 Å². The Morgan fingerprint density at radius 3 is 1.35 bits per heavy atom. The van der Waals surface area contributed by atoms with E-state index >= 15 is 0 Å². The Kier molecular flexibility index (Phi) is 36.6. The first-order valence-electron chi connectivity index (χ1n) is 19.5. The second kappa shape index (κ2) is 38.8. The molecule has 0 aromatic carbocycles. The van der Waals surface area contributed by atoms with E-state index in [1.165, 1.54) is 70.6 Å². The number of hydrogen-bond acceptors (Lipinski definition) is 5. The van der Waals surface area contributed by atoms with Gasteiger partial charge in [0.05, 0.1) is 6.61 Å². The van der Waals surface area contributed by atoms with Crippen molar-refractivity contribution < 1.29 is 24.2 Å². The zero-order valence-electron chi connectivity index (χ0n) is 31.0. The molecule has 0 aliphatic heterocycles. The molecule has 0 rings (SSSR count). The molecule has 0 saturated heterocycles. The Morgan fingerprint density at radius 1 is 0.479 bits per heavy atom. The van der Waals surface area contributed by atoms with Crippen LogP contribution in [0.25, 0.3) is 0 Å². The minimum Gasteiger partial charge on any atom is -0.462 e. The topological polar surface area (TPSA) is 72.8 Å². The van der Waals surface area contributed by atoms with Gasteiger partial charge in [-0.25, -0.2) is 0 Å². The zero-order chi connectivity index (χ0) is 35.0. The molecule has 1 atom stereocenters. The largest absolute Gasteiger partial charge is 0.462 e. The first-order valence-corrected chi connectivity index (χ1v) is 19.5. The molecule has 0 amide bonds. The number of carbonyl (C=O) groups is 2. The Balaban J connectivity index is 3.72. The van der Waals surface area contributed by atoms with Crippen LogP contribution in [0.15, 0.2) is 72.9 Å². The molecule has 0 unspecified atom stereocenters. The maximum absolute atomic E-state index is 12.1. The van der Waals surface area contributed by atoms with Gasteiger partial charge in [-0.3, -0.25) is 9.59 Å². The third-order valence-corrected chi connectivity index (χ3v) is 7.97. The van der Waals surface area contributed by atoms with Gasteiger partial charge in [-0.15, -0.1) is 0 Å². The van der Waals surface area contributed by atoms with E-state index in [0.29, 0.717) is 12.8 Å². The van der Waals surface area contributed by atoms with Crippen molar-refractivity contribution in [2.75, 3.05) is 13.2 Å². The minimum atomic E-state index is -0.810. The van der Waals surface area contributed by atoms with Gasteiger partial charge in [0.15, 0.2) is 6.10 Å². The number of rotatable bonds is 34. The molecule has 0 spiro atoms. The average molecular weight is 669 g/mol. The van der Waals surface area contributed by atoms with Crippen LogP contribution >= 0.6 is 0 Å². The highest BCUT2D eigenvalue weighted by Gasteiger charge is 2.15. The molecule has 0 fully saturated rings. The van der Waals surface area contributed by atoms with E-state index in [2.05, 4.69) is 86.8 Å². The molecule has 0 radical (unpaired) electrons. The number of allylic oxidation sites excluding steroid dienone is 12. The number of carbonyl (C=O) groups excluding carboxylic acids is 2. The first kappa shape index (κ1) is 45.3. The molecule has 1 N–H and O–H groups in total. The van der Waals surface area contributed by atoms with E-state index in [1.807, 2.05) is 0 Å².